The van der Waals surface area contributed by atoms with Crippen LogP contribution in [0.2, 0.25) is 5.02 Å². The SMILES string of the molecule is C[C@@H]1CCc2ncnc(N3CCN(C(=O)[C@@H](c4ccc(Cl)cc4)[C@@H]4CCCN4CCO)CC3)c21. The van der Waals surface area contributed by atoms with Gasteiger partial charge in [0.25, 0.3) is 0 Å². The summed E-state index contributed by atoms with van der Waals surface area (Å²) in [4.78, 5) is 29.7. The number of aliphatic hydroxyl groups is 1. The third-order valence-electron chi connectivity index (χ3n) is 7.82. The number of benzene rings is 1. The van der Waals surface area contributed by atoms with Crippen LogP contribution in [0.5, 0.6) is 0 Å². The van der Waals surface area contributed by atoms with Gasteiger partial charge in [-0.1, -0.05) is 30.7 Å². The van der Waals surface area contributed by atoms with Gasteiger partial charge in [-0.15, -0.1) is 0 Å². The first-order chi connectivity index (χ1) is 16.6. The summed E-state index contributed by atoms with van der Waals surface area (Å²) in [5.41, 5.74) is 3.49. The minimum Gasteiger partial charge on any atom is -0.395 e. The van der Waals surface area contributed by atoms with Gasteiger partial charge in [0.05, 0.1) is 12.5 Å². The van der Waals surface area contributed by atoms with Crippen LogP contribution in [0.4, 0.5) is 5.82 Å². The Morgan fingerprint density at radius 2 is 1.88 bits per heavy atom. The quantitative estimate of drug-likeness (QED) is 0.680. The molecule has 2 aliphatic heterocycles. The van der Waals surface area contributed by atoms with Crippen molar-refractivity contribution < 1.29 is 9.90 Å². The summed E-state index contributed by atoms with van der Waals surface area (Å²) < 4.78 is 0. The Kier molecular flexibility index (Phi) is 7.04. The highest BCUT2D eigenvalue weighted by Crippen LogP contribution is 2.38. The van der Waals surface area contributed by atoms with Crippen molar-refractivity contribution in [1.82, 2.24) is 19.8 Å². The van der Waals surface area contributed by atoms with Crippen molar-refractivity contribution in [2.75, 3.05) is 50.8 Å². The Bertz CT molecular complexity index is 1010. The zero-order valence-corrected chi connectivity index (χ0v) is 20.6. The standard InChI is InChI=1S/C26H34ClN5O2/c1-18-4-9-21-23(18)25(29-17-28-21)31-11-13-32(14-12-31)26(34)24(19-5-7-20(27)8-6-19)22-3-2-10-30(22)15-16-33/h5-8,17-18,22,24,33H,2-4,9-16H2,1H3/t18-,22+,24+/m1/s1. The number of carbonyl (C=O) groups excluding carboxylic acids is 1. The first-order valence-electron chi connectivity index (χ1n) is 12.5. The first-order valence-corrected chi connectivity index (χ1v) is 12.9. The van der Waals surface area contributed by atoms with E-state index in [0.717, 1.165) is 56.7 Å². The number of carbonyl (C=O) groups is 1. The predicted octanol–water partition coefficient (Wildman–Crippen LogP) is 3.07. The number of amides is 1. The maximum absolute atomic E-state index is 14.0. The van der Waals surface area contributed by atoms with Crippen LogP contribution in [0.25, 0.3) is 0 Å². The van der Waals surface area contributed by atoms with Gasteiger partial charge in [-0.3, -0.25) is 9.69 Å². The molecule has 7 nitrogen and oxygen atoms in total. The molecule has 2 saturated heterocycles. The van der Waals surface area contributed by atoms with E-state index in [4.69, 9.17) is 11.6 Å². The molecule has 0 bridgehead atoms. The van der Waals surface area contributed by atoms with E-state index < -0.39 is 0 Å². The number of aromatic nitrogens is 2. The molecule has 1 aromatic heterocycles. The van der Waals surface area contributed by atoms with Crippen molar-refractivity contribution in [3.63, 3.8) is 0 Å². The number of hydrogen-bond donors (Lipinski definition) is 1. The summed E-state index contributed by atoms with van der Waals surface area (Å²) >= 11 is 6.15. The zero-order chi connectivity index (χ0) is 23.7. The fourth-order valence-electron chi connectivity index (χ4n) is 6.05. The molecule has 0 unspecified atom stereocenters. The molecule has 1 amide bonds. The lowest BCUT2D eigenvalue weighted by molar-refractivity contribution is -0.134. The molecule has 3 aliphatic rings. The number of hydrogen-bond acceptors (Lipinski definition) is 6. The number of halogens is 1. The van der Waals surface area contributed by atoms with Gasteiger partial charge in [-0.05, 0) is 55.8 Å². The molecule has 2 fully saturated rings. The summed E-state index contributed by atoms with van der Waals surface area (Å²) in [6, 6.07) is 7.82. The van der Waals surface area contributed by atoms with E-state index in [-0.39, 0.29) is 24.5 Å². The predicted molar refractivity (Wildman–Crippen MR) is 133 cm³/mol. The first kappa shape index (κ1) is 23.5. The minimum absolute atomic E-state index is 0.102. The van der Waals surface area contributed by atoms with Crippen molar-refractivity contribution >= 4 is 23.3 Å². The number of aliphatic hydroxyl groups excluding tert-OH is 1. The summed E-state index contributed by atoms with van der Waals surface area (Å²) in [5, 5.41) is 10.2. The minimum atomic E-state index is -0.249. The topological polar surface area (TPSA) is 72.8 Å². The van der Waals surface area contributed by atoms with E-state index in [0.29, 0.717) is 30.6 Å². The summed E-state index contributed by atoms with van der Waals surface area (Å²) in [5.74, 6) is 1.47. The summed E-state index contributed by atoms with van der Waals surface area (Å²) in [6.07, 6.45) is 5.86. The second-order valence-electron chi connectivity index (χ2n) is 9.81. The lowest BCUT2D eigenvalue weighted by Gasteiger charge is -2.40. The van der Waals surface area contributed by atoms with Gasteiger partial charge in [0, 0.05) is 55.0 Å². The van der Waals surface area contributed by atoms with E-state index in [1.54, 1.807) is 6.33 Å². The number of β-amino-alcohol motifs (C(OH)–C–C–N with tert-alkyl or cyclic N) is 1. The van der Waals surface area contributed by atoms with Gasteiger partial charge >= 0.3 is 0 Å². The van der Waals surface area contributed by atoms with Gasteiger partial charge in [-0.25, -0.2) is 9.97 Å². The monoisotopic (exact) mass is 483 g/mol. The van der Waals surface area contributed by atoms with Crippen LogP contribution in [-0.4, -0.2) is 82.7 Å². The maximum Gasteiger partial charge on any atom is 0.231 e. The Morgan fingerprint density at radius 1 is 1.12 bits per heavy atom. The molecule has 1 aromatic carbocycles. The van der Waals surface area contributed by atoms with Gasteiger partial charge in [0.15, 0.2) is 0 Å². The molecule has 34 heavy (non-hydrogen) atoms. The van der Waals surface area contributed by atoms with E-state index in [1.165, 1.54) is 11.3 Å². The molecule has 3 atom stereocenters. The molecular weight excluding hydrogens is 450 g/mol. The highest BCUT2D eigenvalue weighted by atomic mass is 35.5. The van der Waals surface area contributed by atoms with Crippen LogP contribution >= 0.6 is 11.6 Å². The van der Waals surface area contributed by atoms with Gasteiger partial charge in [-0.2, -0.15) is 0 Å². The van der Waals surface area contributed by atoms with Crippen molar-refractivity contribution in [2.45, 2.75) is 50.5 Å². The fraction of sp³-hybridized carbons (Fsp3) is 0.577. The number of nitrogens with zero attached hydrogens (tertiary/aromatic N) is 5. The second kappa shape index (κ2) is 10.2. The van der Waals surface area contributed by atoms with Crippen molar-refractivity contribution in [3.8, 4) is 0 Å². The van der Waals surface area contributed by atoms with Gasteiger partial charge in [0.1, 0.15) is 12.1 Å². The number of aryl methyl sites for hydroxylation is 1. The average Bonchev–Trinajstić information content (AvgIpc) is 3.47. The molecule has 0 spiro atoms. The van der Waals surface area contributed by atoms with Crippen LogP contribution in [0, 0.1) is 0 Å². The number of piperazine rings is 1. The largest absolute Gasteiger partial charge is 0.395 e. The van der Waals surface area contributed by atoms with Crippen molar-refractivity contribution in [1.29, 1.82) is 0 Å². The lowest BCUT2D eigenvalue weighted by atomic mass is 9.88. The lowest BCUT2D eigenvalue weighted by Crippen LogP contribution is -2.53. The van der Waals surface area contributed by atoms with E-state index in [2.05, 4.69) is 26.7 Å². The molecule has 3 heterocycles. The van der Waals surface area contributed by atoms with Crippen LogP contribution in [0.1, 0.15) is 54.8 Å². The van der Waals surface area contributed by atoms with Gasteiger partial charge in [0.2, 0.25) is 5.91 Å². The molecule has 1 aliphatic carbocycles. The van der Waals surface area contributed by atoms with Crippen LogP contribution in [-0.2, 0) is 11.2 Å². The fourth-order valence-corrected chi connectivity index (χ4v) is 6.17. The Balaban J connectivity index is 1.34. The molecule has 8 heteroatoms. The molecule has 1 N–H and O–H groups in total. The third-order valence-corrected chi connectivity index (χ3v) is 8.08. The van der Waals surface area contributed by atoms with Crippen LogP contribution < -0.4 is 4.90 Å². The highest BCUT2D eigenvalue weighted by Gasteiger charge is 2.39. The average molecular weight is 484 g/mol. The van der Waals surface area contributed by atoms with E-state index >= 15 is 0 Å². The number of likely N-dealkylation sites (tertiary alicyclic amines) is 1. The summed E-state index contributed by atoms with van der Waals surface area (Å²) in [7, 11) is 0. The normalized spacial score (nSPS) is 23.9. The Labute approximate surface area is 206 Å². The van der Waals surface area contributed by atoms with Crippen LogP contribution in [0.15, 0.2) is 30.6 Å². The zero-order valence-electron chi connectivity index (χ0n) is 19.9. The molecule has 2 aromatic rings. The second-order valence-corrected chi connectivity index (χ2v) is 10.2. The molecule has 0 radical (unpaired) electrons. The number of rotatable bonds is 6. The molecule has 5 rings (SSSR count). The molecule has 182 valence electrons. The smallest absolute Gasteiger partial charge is 0.231 e. The number of anilines is 1. The van der Waals surface area contributed by atoms with Crippen molar-refractivity contribution in [2.24, 2.45) is 0 Å². The maximum atomic E-state index is 14.0. The van der Waals surface area contributed by atoms with Crippen LogP contribution in [0.3, 0.4) is 0 Å². The third kappa shape index (κ3) is 4.53. The van der Waals surface area contributed by atoms with E-state index in [1.807, 2.05) is 29.2 Å². The molecule has 0 saturated carbocycles. The van der Waals surface area contributed by atoms with Crippen molar-refractivity contribution in [3.05, 3.63) is 52.4 Å². The Hall–Kier alpha value is -2.22. The molecular formula is C26H34ClN5O2. The Morgan fingerprint density at radius 3 is 2.62 bits per heavy atom. The summed E-state index contributed by atoms with van der Waals surface area (Å²) in [6.45, 7) is 6.82. The van der Waals surface area contributed by atoms with E-state index in [9.17, 15) is 9.90 Å². The van der Waals surface area contributed by atoms with Gasteiger partial charge < -0.3 is 14.9 Å². The number of fused-ring (bicyclic) bond motifs is 1. The highest BCUT2D eigenvalue weighted by molar-refractivity contribution is 6.30.